The van der Waals surface area contributed by atoms with Crippen molar-refractivity contribution >= 4 is 29.4 Å². The van der Waals surface area contributed by atoms with Crippen LogP contribution in [0.1, 0.15) is 27.7 Å². The second-order valence-corrected chi connectivity index (χ2v) is 6.25. The Morgan fingerprint density at radius 3 is 1.96 bits per heavy atom. The second kappa shape index (κ2) is 8.19. The Bertz CT molecular complexity index is 593. The highest BCUT2D eigenvalue weighted by Crippen LogP contribution is 2.13. The van der Waals surface area contributed by atoms with Gasteiger partial charge in [-0.1, -0.05) is 0 Å². The molecule has 4 amide bonds. The normalized spacial score (nSPS) is 11.9. The maximum absolute atomic E-state index is 11.9. The largest absolute Gasteiger partial charge is 0.453 e. The molecule has 8 heteroatoms. The van der Waals surface area contributed by atoms with Crippen molar-refractivity contribution in [1.29, 1.82) is 0 Å². The van der Waals surface area contributed by atoms with Crippen molar-refractivity contribution in [3.8, 4) is 0 Å². The number of ether oxygens (including phenoxy) is 1. The van der Waals surface area contributed by atoms with Crippen molar-refractivity contribution in [3.05, 3.63) is 24.3 Å². The van der Waals surface area contributed by atoms with Crippen LogP contribution in [-0.4, -0.2) is 36.7 Å². The quantitative estimate of drug-likeness (QED) is 0.676. The molecule has 0 radical (unpaired) electrons. The number of benzene rings is 1. The van der Waals surface area contributed by atoms with Crippen LogP contribution < -0.4 is 21.3 Å². The minimum Gasteiger partial charge on any atom is -0.453 e. The molecule has 1 aromatic rings. The molecule has 0 aliphatic carbocycles. The summed E-state index contributed by atoms with van der Waals surface area (Å²) in [6.45, 7) is 7.19. The zero-order chi connectivity index (χ0) is 18.3. The van der Waals surface area contributed by atoms with Gasteiger partial charge in [0.2, 0.25) is 5.91 Å². The Hall–Kier alpha value is -2.77. The van der Waals surface area contributed by atoms with Gasteiger partial charge in [0.1, 0.15) is 6.04 Å². The van der Waals surface area contributed by atoms with Crippen molar-refractivity contribution in [2.75, 3.05) is 17.7 Å². The van der Waals surface area contributed by atoms with Gasteiger partial charge in [0.05, 0.1) is 7.11 Å². The summed E-state index contributed by atoms with van der Waals surface area (Å²) in [5.41, 5.74) is 0.684. The fraction of sp³-hybridized carbons (Fsp3) is 0.438. The number of urea groups is 1. The maximum Gasteiger partial charge on any atom is 0.411 e. The molecule has 132 valence electrons. The molecule has 0 saturated carbocycles. The molecule has 0 spiro atoms. The summed E-state index contributed by atoms with van der Waals surface area (Å²) < 4.78 is 4.48. The van der Waals surface area contributed by atoms with E-state index >= 15 is 0 Å². The highest BCUT2D eigenvalue weighted by Gasteiger charge is 2.20. The van der Waals surface area contributed by atoms with Crippen molar-refractivity contribution in [2.45, 2.75) is 39.3 Å². The fourth-order valence-corrected chi connectivity index (χ4v) is 1.71. The summed E-state index contributed by atoms with van der Waals surface area (Å²) in [5, 5.41) is 10.5. The van der Waals surface area contributed by atoms with Gasteiger partial charge in [0.15, 0.2) is 0 Å². The number of methoxy groups -OCH3 is 1. The van der Waals surface area contributed by atoms with E-state index in [1.807, 2.05) is 20.8 Å². The summed E-state index contributed by atoms with van der Waals surface area (Å²) in [5.74, 6) is -0.268. The van der Waals surface area contributed by atoms with Crippen LogP contribution in [0.3, 0.4) is 0 Å². The van der Waals surface area contributed by atoms with E-state index in [4.69, 9.17) is 0 Å². The molecule has 0 fully saturated rings. The standard InChI is InChI=1S/C16H24N4O4/c1-10(13(21)20-16(2,3)4)17-14(22)18-11-6-8-12(9-7-11)19-15(23)24-5/h6-10H,1-5H3,(H,19,23)(H,20,21)(H2,17,18,22)/t10-/m0/s1. The third-order valence-electron chi connectivity index (χ3n) is 2.81. The SMILES string of the molecule is COC(=O)Nc1ccc(NC(=O)N[C@@H](C)C(=O)NC(C)(C)C)cc1. The molecular formula is C16H24N4O4. The van der Waals surface area contributed by atoms with E-state index in [0.717, 1.165) is 0 Å². The van der Waals surface area contributed by atoms with Gasteiger partial charge >= 0.3 is 12.1 Å². The van der Waals surface area contributed by atoms with E-state index in [-0.39, 0.29) is 11.4 Å². The molecule has 0 aliphatic rings. The van der Waals surface area contributed by atoms with E-state index in [2.05, 4.69) is 26.0 Å². The molecule has 8 nitrogen and oxygen atoms in total. The lowest BCUT2D eigenvalue weighted by molar-refractivity contribution is -0.123. The zero-order valence-corrected chi connectivity index (χ0v) is 14.5. The van der Waals surface area contributed by atoms with E-state index in [1.54, 1.807) is 31.2 Å². The first-order valence-corrected chi connectivity index (χ1v) is 7.45. The molecule has 1 rings (SSSR count). The minimum atomic E-state index is -0.676. The molecule has 0 unspecified atom stereocenters. The Morgan fingerprint density at radius 1 is 1.00 bits per heavy atom. The molecular weight excluding hydrogens is 312 g/mol. The van der Waals surface area contributed by atoms with Crippen LogP contribution in [0.5, 0.6) is 0 Å². The predicted molar refractivity (Wildman–Crippen MR) is 92.0 cm³/mol. The Morgan fingerprint density at radius 2 is 1.50 bits per heavy atom. The maximum atomic E-state index is 11.9. The van der Waals surface area contributed by atoms with Gasteiger partial charge in [-0.05, 0) is 52.0 Å². The topological polar surface area (TPSA) is 109 Å². The predicted octanol–water partition coefficient (Wildman–Crippen LogP) is 2.29. The number of hydrogen-bond donors (Lipinski definition) is 4. The molecule has 4 N–H and O–H groups in total. The number of hydrogen-bond acceptors (Lipinski definition) is 4. The summed E-state index contributed by atoms with van der Waals surface area (Å²) in [7, 11) is 1.27. The van der Waals surface area contributed by atoms with Crippen molar-refractivity contribution < 1.29 is 19.1 Å². The van der Waals surface area contributed by atoms with Gasteiger partial charge in [0.25, 0.3) is 0 Å². The lowest BCUT2D eigenvalue weighted by Gasteiger charge is -2.23. The van der Waals surface area contributed by atoms with Crippen molar-refractivity contribution in [1.82, 2.24) is 10.6 Å². The van der Waals surface area contributed by atoms with Gasteiger partial charge < -0.3 is 20.7 Å². The van der Waals surface area contributed by atoms with Crippen LogP contribution in [0, 0.1) is 0 Å². The summed E-state index contributed by atoms with van der Waals surface area (Å²) in [6, 6.07) is 5.28. The van der Waals surface area contributed by atoms with Crippen molar-refractivity contribution in [3.63, 3.8) is 0 Å². The van der Waals surface area contributed by atoms with Gasteiger partial charge in [0, 0.05) is 16.9 Å². The number of rotatable bonds is 4. The van der Waals surface area contributed by atoms with Crippen LogP contribution in [0.15, 0.2) is 24.3 Å². The first-order chi connectivity index (χ1) is 11.1. The van der Waals surface area contributed by atoms with Gasteiger partial charge in [-0.2, -0.15) is 0 Å². The molecule has 0 heterocycles. The first kappa shape index (κ1) is 19.3. The van der Waals surface area contributed by atoms with Gasteiger partial charge in [-0.25, -0.2) is 9.59 Å². The fourth-order valence-electron chi connectivity index (χ4n) is 1.71. The first-order valence-electron chi connectivity index (χ1n) is 7.45. The number of nitrogens with one attached hydrogen (secondary N) is 4. The molecule has 24 heavy (non-hydrogen) atoms. The number of anilines is 2. The second-order valence-electron chi connectivity index (χ2n) is 6.25. The summed E-state index contributed by atoms with van der Waals surface area (Å²) in [6.07, 6.45) is -0.577. The Balaban J connectivity index is 2.53. The third-order valence-corrected chi connectivity index (χ3v) is 2.81. The minimum absolute atomic E-state index is 0.268. The highest BCUT2D eigenvalue weighted by molar-refractivity contribution is 5.94. The number of amides is 4. The van der Waals surface area contributed by atoms with Crippen LogP contribution in [0.2, 0.25) is 0 Å². The summed E-state index contributed by atoms with van der Waals surface area (Å²) >= 11 is 0. The lowest BCUT2D eigenvalue weighted by Crippen LogP contribution is -2.51. The lowest BCUT2D eigenvalue weighted by atomic mass is 10.1. The Kier molecular flexibility index (Phi) is 6.58. The Labute approximate surface area is 141 Å². The number of carbonyl (C=O) groups excluding carboxylic acids is 3. The van der Waals surface area contributed by atoms with Crippen LogP contribution in [0.25, 0.3) is 0 Å². The van der Waals surface area contributed by atoms with E-state index < -0.39 is 18.2 Å². The molecule has 0 bridgehead atoms. The summed E-state index contributed by atoms with van der Waals surface area (Å²) in [4.78, 5) is 34.9. The third kappa shape index (κ3) is 6.99. The smallest absolute Gasteiger partial charge is 0.411 e. The van der Waals surface area contributed by atoms with E-state index in [9.17, 15) is 14.4 Å². The molecule has 0 saturated heterocycles. The van der Waals surface area contributed by atoms with Crippen LogP contribution in [-0.2, 0) is 9.53 Å². The van der Waals surface area contributed by atoms with Crippen LogP contribution in [0.4, 0.5) is 21.0 Å². The van der Waals surface area contributed by atoms with E-state index in [1.165, 1.54) is 7.11 Å². The zero-order valence-electron chi connectivity index (χ0n) is 14.5. The molecule has 1 aromatic carbocycles. The average molecular weight is 336 g/mol. The van der Waals surface area contributed by atoms with Gasteiger partial charge in [-0.15, -0.1) is 0 Å². The monoisotopic (exact) mass is 336 g/mol. The molecule has 0 aliphatic heterocycles. The average Bonchev–Trinajstić information content (AvgIpc) is 2.47. The van der Waals surface area contributed by atoms with E-state index in [0.29, 0.717) is 11.4 Å². The van der Waals surface area contributed by atoms with Crippen LogP contribution >= 0.6 is 0 Å². The molecule has 1 atom stereocenters. The molecule has 0 aromatic heterocycles. The van der Waals surface area contributed by atoms with Crippen molar-refractivity contribution in [2.24, 2.45) is 0 Å². The number of carbonyl (C=O) groups is 3. The van der Waals surface area contributed by atoms with Gasteiger partial charge in [-0.3, -0.25) is 10.1 Å². The highest BCUT2D eigenvalue weighted by atomic mass is 16.5.